The number of amides is 1. The van der Waals surface area contributed by atoms with Crippen LogP contribution < -0.4 is 10.9 Å². The van der Waals surface area contributed by atoms with Crippen LogP contribution in [0.25, 0.3) is 11.5 Å². The minimum atomic E-state index is -0.250. The van der Waals surface area contributed by atoms with Gasteiger partial charge in [-0.3, -0.25) is 9.59 Å². The van der Waals surface area contributed by atoms with Gasteiger partial charge in [0.15, 0.2) is 5.76 Å². The first kappa shape index (κ1) is 16.7. The standard InChI is InChI=1S/C19H19N3O3/c1-14(15-6-3-2-4-7-15)19(24)20-11-12-22-18(23)10-9-16(21-22)17-8-5-13-25-17/h2-10,13-14H,11-12H2,1H3,(H,20,24). The predicted octanol–water partition coefficient (Wildman–Crippen LogP) is 2.42. The predicted molar refractivity (Wildman–Crippen MR) is 94.1 cm³/mol. The quantitative estimate of drug-likeness (QED) is 0.749. The minimum Gasteiger partial charge on any atom is -0.463 e. The van der Waals surface area contributed by atoms with Gasteiger partial charge >= 0.3 is 0 Å². The highest BCUT2D eigenvalue weighted by Crippen LogP contribution is 2.15. The van der Waals surface area contributed by atoms with Gasteiger partial charge < -0.3 is 9.73 Å². The molecule has 0 fully saturated rings. The number of hydrogen-bond acceptors (Lipinski definition) is 4. The first-order valence-electron chi connectivity index (χ1n) is 8.10. The van der Waals surface area contributed by atoms with Crippen molar-refractivity contribution in [2.24, 2.45) is 0 Å². The zero-order valence-electron chi connectivity index (χ0n) is 13.9. The first-order chi connectivity index (χ1) is 12.1. The molecule has 3 rings (SSSR count). The summed E-state index contributed by atoms with van der Waals surface area (Å²) in [5.74, 6) is 0.261. The van der Waals surface area contributed by atoms with E-state index in [1.807, 2.05) is 37.3 Å². The number of carbonyl (C=O) groups is 1. The number of aromatic nitrogens is 2. The Morgan fingerprint density at radius 3 is 2.68 bits per heavy atom. The third-order valence-corrected chi connectivity index (χ3v) is 3.96. The smallest absolute Gasteiger partial charge is 0.266 e. The maximum atomic E-state index is 12.2. The lowest BCUT2D eigenvalue weighted by Crippen LogP contribution is -2.34. The molecule has 25 heavy (non-hydrogen) atoms. The van der Waals surface area contributed by atoms with Crippen LogP contribution in [0.5, 0.6) is 0 Å². The molecule has 0 aliphatic carbocycles. The molecule has 0 saturated heterocycles. The summed E-state index contributed by atoms with van der Waals surface area (Å²) < 4.78 is 6.61. The van der Waals surface area contributed by atoms with Gasteiger partial charge in [0.05, 0.1) is 18.7 Å². The van der Waals surface area contributed by atoms with Crippen LogP contribution in [0.3, 0.4) is 0 Å². The molecule has 0 aliphatic heterocycles. The van der Waals surface area contributed by atoms with E-state index in [0.717, 1.165) is 5.56 Å². The second kappa shape index (κ2) is 7.61. The Morgan fingerprint density at radius 2 is 1.96 bits per heavy atom. The van der Waals surface area contributed by atoms with Crippen LogP contribution in [0.4, 0.5) is 0 Å². The highest BCUT2D eigenvalue weighted by atomic mass is 16.3. The second-order valence-electron chi connectivity index (χ2n) is 5.68. The van der Waals surface area contributed by atoms with Gasteiger partial charge in [0, 0.05) is 12.6 Å². The molecular formula is C19H19N3O3. The third-order valence-electron chi connectivity index (χ3n) is 3.96. The minimum absolute atomic E-state index is 0.0820. The molecule has 1 N–H and O–H groups in total. The molecule has 6 nitrogen and oxygen atoms in total. The fourth-order valence-electron chi connectivity index (χ4n) is 2.50. The van der Waals surface area contributed by atoms with E-state index in [1.54, 1.807) is 24.5 Å². The van der Waals surface area contributed by atoms with E-state index >= 15 is 0 Å². The summed E-state index contributed by atoms with van der Waals surface area (Å²) in [4.78, 5) is 24.2. The van der Waals surface area contributed by atoms with Crippen LogP contribution in [0, 0.1) is 0 Å². The van der Waals surface area contributed by atoms with Crippen molar-refractivity contribution in [3.8, 4) is 11.5 Å². The van der Waals surface area contributed by atoms with Gasteiger partial charge in [-0.1, -0.05) is 30.3 Å². The monoisotopic (exact) mass is 337 g/mol. The Kier molecular flexibility index (Phi) is 5.09. The normalized spacial score (nSPS) is 11.9. The fraction of sp³-hybridized carbons (Fsp3) is 0.211. The van der Waals surface area contributed by atoms with Gasteiger partial charge in [0.25, 0.3) is 5.56 Å². The van der Waals surface area contributed by atoms with Gasteiger partial charge in [-0.15, -0.1) is 0 Å². The van der Waals surface area contributed by atoms with Crippen molar-refractivity contribution in [2.75, 3.05) is 6.54 Å². The zero-order chi connectivity index (χ0) is 17.6. The number of hydrogen-bond donors (Lipinski definition) is 1. The Hall–Kier alpha value is -3.15. The van der Waals surface area contributed by atoms with Gasteiger partial charge in [-0.25, -0.2) is 4.68 Å². The lowest BCUT2D eigenvalue weighted by Gasteiger charge is -2.13. The molecule has 1 atom stereocenters. The summed E-state index contributed by atoms with van der Waals surface area (Å²) in [5.41, 5.74) is 1.31. The van der Waals surface area contributed by atoms with Gasteiger partial charge in [0.2, 0.25) is 5.91 Å². The molecule has 0 radical (unpaired) electrons. The maximum Gasteiger partial charge on any atom is 0.266 e. The maximum absolute atomic E-state index is 12.2. The highest BCUT2D eigenvalue weighted by molar-refractivity contribution is 5.83. The van der Waals surface area contributed by atoms with Crippen LogP contribution in [0.15, 0.2) is 70.1 Å². The lowest BCUT2D eigenvalue weighted by atomic mass is 10.0. The van der Waals surface area contributed by atoms with E-state index in [2.05, 4.69) is 10.4 Å². The summed E-state index contributed by atoms with van der Waals surface area (Å²) >= 11 is 0. The number of furan rings is 1. The topological polar surface area (TPSA) is 77.1 Å². The summed E-state index contributed by atoms with van der Waals surface area (Å²) in [7, 11) is 0. The van der Waals surface area contributed by atoms with Crippen molar-refractivity contribution in [1.29, 1.82) is 0 Å². The largest absolute Gasteiger partial charge is 0.463 e. The molecule has 2 aromatic heterocycles. The van der Waals surface area contributed by atoms with E-state index in [1.165, 1.54) is 10.7 Å². The Labute approximate surface area is 145 Å². The van der Waals surface area contributed by atoms with Crippen LogP contribution in [0.1, 0.15) is 18.4 Å². The van der Waals surface area contributed by atoms with Crippen LogP contribution in [-0.2, 0) is 11.3 Å². The van der Waals surface area contributed by atoms with Crippen molar-refractivity contribution in [1.82, 2.24) is 15.1 Å². The first-order valence-corrected chi connectivity index (χ1v) is 8.10. The van der Waals surface area contributed by atoms with Crippen LogP contribution in [0.2, 0.25) is 0 Å². The van der Waals surface area contributed by atoms with Crippen molar-refractivity contribution in [2.45, 2.75) is 19.4 Å². The molecule has 3 aromatic rings. The summed E-state index contributed by atoms with van der Waals surface area (Å²) in [6, 6.07) is 16.2. The molecule has 1 aromatic carbocycles. The van der Waals surface area contributed by atoms with Crippen molar-refractivity contribution in [3.05, 3.63) is 76.8 Å². The van der Waals surface area contributed by atoms with E-state index in [9.17, 15) is 9.59 Å². The van der Waals surface area contributed by atoms with Crippen molar-refractivity contribution >= 4 is 5.91 Å². The van der Waals surface area contributed by atoms with E-state index in [0.29, 0.717) is 24.5 Å². The average molecular weight is 337 g/mol. The van der Waals surface area contributed by atoms with E-state index < -0.39 is 0 Å². The Morgan fingerprint density at radius 1 is 1.16 bits per heavy atom. The molecule has 1 amide bonds. The second-order valence-corrected chi connectivity index (χ2v) is 5.68. The average Bonchev–Trinajstić information content (AvgIpc) is 3.18. The van der Waals surface area contributed by atoms with Gasteiger partial charge in [-0.05, 0) is 30.7 Å². The third kappa shape index (κ3) is 4.03. The molecule has 0 bridgehead atoms. The molecule has 0 spiro atoms. The molecular weight excluding hydrogens is 318 g/mol. The Balaban J connectivity index is 1.61. The molecule has 0 saturated carbocycles. The number of carbonyl (C=O) groups excluding carboxylic acids is 1. The summed E-state index contributed by atoms with van der Waals surface area (Å²) in [6.45, 7) is 2.47. The SMILES string of the molecule is CC(C(=O)NCCn1nc(-c2ccco2)ccc1=O)c1ccccc1. The van der Waals surface area contributed by atoms with Crippen LogP contribution >= 0.6 is 0 Å². The van der Waals surface area contributed by atoms with E-state index in [-0.39, 0.29) is 17.4 Å². The molecule has 6 heteroatoms. The van der Waals surface area contributed by atoms with Gasteiger partial charge in [0.1, 0.15) is 5.69 Å². The number of nitrogens with zero attached hydrogens (tertiary/aromatic N) is 2. The summed E-state index contributed by atoms with van der Waals surface area (Å²) in [6.07, 6.45) is 1.55. The number of benzene rings is 1. The van der Waals surface area contributed by atoms with Crippen molar-refractivity contribution in [3.63, 3.8) is 0 Å². The summed E-state index contributed by atoms with van der Waals surface area (Å²) in [5, 5.41) is 7.12. The lowest BCUT2D eigenvalue weighted by molar-refractivity contribution is -0.122. The van der Waals surface area contributed by atoms with Gasteiger partial charge in [-0.2, -0.15) is 5.10 Å². The van der Waals surface area contributed by atoms with Crippen molar-refractivity contribution < 1.29 is 9.21 Å². The molecule has 0 aliphatic rings. The zero-order valence-corrected chi connectivity index (χ0v) is 13.9. The Bertz CT molecular complexity index is 886. The molecule has 1 unspecified atom stereocenters. The van der Waals surface area contributed by atoms with Crippen LogP contribution in [-0.4, -0.2) is 22.2 Å². The molecule has 2 heterocycles. The molecule has 128 valence electrons. The highest BCUT2D eigenvalue weighted by Gasteiger charge is 2.14. The number of rotatable bonds is 6. The van der Waals surface area contributed by atoms with E-state index in [4.69, 9.17) is 4.42 Å². The fourth-order valence-corrected chi connectivity index (χ4v) is 2.50. The number of nitrogens with one attached hydrogen (secondary N) is 1.